The molecule has 1 N–H and O–H groups in total. The summed E-state index contributed by atoms with van der Waals surface area (Å²) in [4.78, 5) is 7.16. The van der Waals surface area contributed by atoms with Gasteiger partial charge in [-0.2, -0.15) is 5.26 Å². The van der Waals surface area contributed by atoms with Crippen LogP contribution in [0.15, 0.2) is 22.8 Å². The minimum Gasteiger partial charge on any atom is -0.497 e. The molecule has 2 rings (SSSR count). The number of aromatic amines is 1. The number of benzene rings is 1. The Morgan fingerprint density at radius 1 is 1.33 bits per heavy atom. The van der Waals surface area contributed by atoms with E-state index in [0.717, 1.165) is 5.56 Å². The number of nitrogens with zero attached hydrogens (tertiary/aromatic N) is 2. The number of hydrogen-bond acceptors (Lipinski definition) is 4. The van der Waals surface area contributed by atoms with Crippen molar-refractivity contribution in [1.82, 2.24) is 9.97 Å². The summed E-state index contributed by atoms with van der Waals surface area (Å²) in [7, 11) is 3.16. The molecule has 0 spiro atoms. The van der Waals surface area contributed by atoms with Gasteiger partial charge in [-0.1, -0.05) is 0 Å². The van der Waals surface area contributed by atoms with Crippen LogP contribution in [0.3, 0.4) is 0 Å². The molecular weight excluding hydrogens is 298 g/mol. The number of ether oxygens (including phenoxy) is 2. The Morgan fingerprint density at radius 3 is 2.67 bits per heavy atom. The summed E-state index contributed by atoms with van der Waals surface area (Å²) in [5, 5.41) is 8.87. The maximum Gasteiger partial charge on any atom is 0.173 e. The third kappa shape index (κ3) is 2.17. The van der Waals surface area contributed by atoms with Gasteiger partial charge in [-0.3, -0.25) is 0 Å². The molecule has 0 aliphatic heterocycles. The first-order valence-electron chi connectivity index (χ1n) is 5.07. The second-order valence-corrected chi connectivity index (χ2v) is 4.22. The fourth-order valence-electron chi connectivity index (χ4n) is 1.55. The molecule has 0 saturated carbocycles. The molecule has 0 amide bonds. The van der Waals surface area contributed by atoms with E-state index >= 15 is 0 Å². The van der Waals surface area contributed by atoms with Gasteiger partial charge in [0.05, 0.1) is 19.8 Å². The van der Waals surface area contributed by atoms with Crippen LogP contribution in [0.5, 0.6) is 11.5 Å². The van der Waals surface area contributed by atoms with Gasteiger partial charge in [0.15, 0.2) is 5.69 Å². The van der Waals surface area contributed by atoms with Crippen molar-refractivity contribution < 1.29 is 9.47 Å². The summed E-state index contributed by atoms with van der Waals surface area (Å²) in [5.74, 6) is 1.89. The lowest BCUT2D eigenvalue weighted by Crippen LogP contribution is -1.91. The average Bonchev–Trinajstić information content (AvgIpc) is 2.79. The van der Waals surface area contributed by atoms with E-state index in [1.807, 2.05) is 12.1 Å². The van der Waals surface area contributed by atoms with Gasteiger partial charge in [0.25, 0.3) is 0 Å². The first-order valence-corrected chi connectivity index (χ1v) is 5.87. The van der Waals surface area contributed by atoms with Crippen LogP contribution >= 0.6 is 15.9 Å². The maximum atomic E-state index is 8.87. The van der Waals surface area contributed by atoms with Crippen LogP contribution in [-0.4, -0.2) is 24.2 Å². The molecule has 2 aromatic rings. The van der Waals surface area contributed by atoms with Crippen LogP contribution < -0.4 is 9.47 Å². The molecule has 0 saturated heterocycles. The third-order valence-electron chi connectivity index (χ3n) is 2.43. The zero-order chi connectivity index (χ0) is 13.1. The Kier molecular flexibility index (Phi) is 3.53. The number of halogens is 1. The first kappa shape index (κ1) is 12.5. The largest absolute Gasteiger partial charge is 0.497 e. The minimum absolute atomic E-state index is 0.308. The maximum absolute atomic E-state index is 8.87. The van der Waals surface area contributed by atoms with Crippen molar-refractivity contribution >= 4 is 15.9 Å². The molecule has 0 fully saturated rings. The van der Waals surface area contributed by atoms with E-state index in [0.29, 0.717) is 27.6 Å². The van der Waals surface area contributed by atoms with Crippen LogP contribution in [0, 0.1) is 11.3 Å². The SMILES string of the molecule is COc1ccc(-c2nc(C#N)c(Br)[nH]2)c(OC)c1. The van der Waals surface area contributed by atoms with Crippen molar-refractivity contribution in [1.29, 1.82) is 5.26 Å². The Labute approximate surface area is 112 Å². The van der Waals surface area contributed by atoms with Gasteiger partial charge in [-0.05, 0) is 28.1 Å². The number of hydrogen-bond donors (Lipinski definition) is 1. The van der Waals surface area contributed by atoms with Crippen LogP contribution in [0.1, 0.15) is 5.69 Å². The molecule has 0 aliphatic rings. The fraction of sp³-hybridized carbons (Fsp3) is 0.167. The molecule has 0 bridgehead atoms. The molecule has 0 unspecified atom stereocenters. The summed E-state index contributed by atoms with van der Waals surface area (Å²) in [5.41, 5.74) is 1.07. The lowest BCUT2D eigenvalue weighted by atomic mass is 10.2. The summed E-state index contributed by atoms with van der Waals surface area (Å²) >= 11 is 3.24. The first-order chi connectivity index (χ1) is 8.69. The minimum atomic E-state index is 0.308. The van der Waals surface area contributed by atoms with E-state index in [1.165, 1.54) is 0 Å². The lowest BCUT2D eigenvalue weighted by molar-refractivity contribution is 0.395. The van der Waals surface area contributed by atoms with E-state index in [2.05, 4.69) is 25.9 Å². The number of nitriles is 1. The van der Waals surface area contributed by atoms with E-state index in [-0.39, 0.29) is 0 Å². The molecule has 1 heterocycles. The molecule has 1 aromatic heterocycles. The molecule has 92 valence electrons. The fourth-order valence-corrected chi connectivity index (χ4v) is 1.91. The van der Waals surface area contributed by atoms with Gasteiger partial charge in [0, 0.05) is 6.07 Å². The Morgan fingerprint density at radius 2 is 2.11 bits per heavy atom. The van der Waals surface area contributed by atoms with Crippen molar-refractivity contribution in [3.8, 4) is 29.0 Å². The van der Waals surface area contributed by atoms with Crippen LogP contribution in [-0.2, 0) is 0 Å². The third-order valence-corrected chi connectivity index (χ3v) is 3.00. The highest BCUT2D eigenvalue weighted by Gasteiger charge is 2.13. The summed E-state index contributed by atoms with van der Waals surface area (Å²) < 4.78 is 11.0. The van der Waals surface area contributed by atoms with Crippen molar-refractivity contribution in [2.45, 2.75) is 0 Å². The predicted molar refractivity (Wildman–Crippen MR) is 69.5 cm³/mol. The van der Waals surface area contributed by atoms with Gasteiger partial charge in [-0.25, -0.2) is 4.98 Å². The quantitative estimate of drug-likeness (QED) is 0.946. The molecule has 0 radical (unpaired) electrons. The number of methoxy groups -OCH3 is 2. The van der Waals surface area contributed by atoms with Crippen molar-refractivity contribution in [2.75, 3.05) is 14.2 Å². The number of imidazole rings is 1. The predicted octanol–water partition coefficient (Wildman–Crippen LogP) is 2.73. The highest BCUT2D eigenvalue weighted by molar-refractivity contribution is 9.10. The topological polar surface area (TPSA) is 70.9 Å². The normalized spacial score (nSPS) is 9.89. The number of H-pyrrole nitrogens is 1. The van der Waals surface area contributed by atoms with Crippen LogP contribution in [0.4, 0.5) is 0 Å². The van der Waals surface area contributed by atoms with Crippen molar-refractivity contribution in [2.24, 2.45) is 0 Å². The second kappa shape index (κ2) is 5.10. The molecule has 18 heavy (non-hydrogen) atoms. The van der Waals surface area contributed by atoms with Crippen LogP contribution in [0.25, 0.3) is 11.4 Å². The summed E-state index contributed by atoms with van der Waals surface area (Å²) in [6.45, 7) is 0. The summed E-state index contributed by atoms with van der Waals surface area (Å²) in [6, 6.07) is 7.38. The van der Waals surface area contributed by atoms with E-state index in [4.69, 9.17) is 14.7 Å². The van der Waals surface area contributed by atoms with Gasteiger partial charge in [0.2, 0.25) is 0 Å². The smallest absolute Gasteiger partial charge is 0.173 e. The highest BCUT2D eigenvalue weighted by atomic mass is 79.9. The highest BCUT2D eigenvalue weighted by Crippen LogP contribution is 2.32. The monoisotopic (exact) mass is 307 g/mol. The van der Waals surface area contributed by atoms with Crippen molar-refractivity contribution in [3.05, 3.63) is 28.5 Å². The van der Waals surface area contributed by atoms with E-state index in [9.17, 15) is 0 Å². The van der Waals surface area contributed by atoms with Gasteiger partial charge in [-0.15, -0.1) is 0 Å². The molecule has 5 nitrogen and oxygen atoms in total. The Bertz CT molecular complexity index is 616. The van der Waals surface area contributed by atoms with Crippen LogP contribution in [0.2, 0.25) is 0 Å². The zero-order valence-electron chi connectivity index (χ0n) is 9.82. The molecule has 0 aliphatic carbocycles. The van der Waals surface area contributed by atoms with Gasteiger partial charge >= 0.3 is 0 Å². The second-order valence-electron chi connectivity index (χ2n) is 3.43. The van der Waals surface area contributed by atoms with Gasteiger partial charge < -0.3 is 14.5 Å². The molecular formula is C12H10BrN3O2. The lowest BCUT2D eigenvalue weighted by Gasteiger charge is -2.08. The van der Waals surface area contributed by atoms with Gasteiger partial charge in [0.1, 0.15) is 28.0 Å². The molecule has 1 aromatic carbocycles. The molecule has 0 atom stereocenters. The number of rotatable bonds is 3. The van der Waals surface area contributed by atoms with E-state index in [1.54, 1.807) is 26.4 Å². The average molecular weight is 308 g/mol. The Hall–Kier alpha value is -2.00. The standard InChI is InChI=1S/C12H10BrN3O2/c1-17-7-3-4-8(10(5-7)18-2)12-15-9(6-14)11(13)16-12/h3-5H,1-2H3,(H,15,16). The van der Waals surface area contributed by atoms with Crippen molar-refractivity contribution in [3.63, 3.8) is 0 Å². The molecule has 6 heteroatoms. The zero-order valence-corrected chi connectivity index (χ0v) is 11.4. The van der Waals surface area contributed by atoms with E-state index < -0.39 is 0 Å². The summed E-state index contributed by atoms with van der Waals surface area (Å²) in [6.07, 6.45) is 0. The Balaban J connectivity index is 2.53. The number of nitrogens with one attached hydrogen (secondary N) is 1. The number of aromatic nitrogens is 2.